The molecule has 0 aromatic heterocycles. The van der Waals surface area contributed by atoms with Crippen LogP contribution in [-0.4, -0.2) is 39.6 Å². The molecule has 166 valence electrons. The second-order valence-corrected chi connectivity index (χ2v) is 8.10. The lowest BCUT2D eigenvalue weighted by Gasteiger charge is -2.28. The molecule has 1 saturated heterocycles. The van der Waals surface area contributed by atoms with E-state index in [1.807, 2.05) is 42.5 Å². The second-order valence-electron chi connectivity index (χ2n) is 7.29. The average Bonchev–Trinajstić information content (AvgIpc) is 2.83. The van der Waals surface area contributed by atoms with Crippen molar-refractivity contribution in [2.45, 2.75) is 6.61 Å². The van der Waals surface area contributed by atoms with Gasteiger partial charge in [0.2, 0.25) is 0 Å². The predicted molar refractivity (Wildman–Crippen MR) is 131 cm³/mol. The van der Waals surface area contributed by atoms with Crippen LogP contribution in [0.4, 0.5) is 11.4 Å². The number of hydrogen-bond acceptors (Lipinski definition) is 5. The fraction of sp³-hybridized carbons (Fsp3) is 0.240. The summed E-state index contributed by atoms with van der Waals surface area (Å²) in [5, 5.41) is 1.09. The zero-order valence-corrected chi connectivity index (χ0v) is 19.3. The summed E-state index contributed by atoms with van der Waals surface area (Å²) in [4.78, 5) is 6.88. The van der Waals surface area contributed by atoms with Crippen LogP contribution >= 0.6 is 23.2 Å². The zero-order chi connectivity index (χ0) is 22.3. The monoisotopic (exact) mass is 470 g/mol. The summed E-state index contributed by atoms with van der Waals surface area (Å²) >= 11 is 12.7. The third kappa shape index (κ3) is 5.54. The van der Waals surface area contributed by atoms with Crippen molar-refractivity contribution in [1.82, 2.24) is 0 Å². The van der Waals surface area contributed by atoms with E-state index in [0.29, 0.717) is 28.2 Å². The highest BCUT2D eigenvalue weighted by Gasteiger charge is 2.13. The van der Waals surface area contributed by atoms with Crippen molar-refractivity contribution in [3.8, 4) is 11.5 Å². The molecule has 0 N–H and O–H groups in total. The molecule has 0 unspecified atom stereocenters. The van der Waals surface area contributed by atoms with Gasteiger partial charge in [-0.3, -0.25) is 4.99 Å². The molecule has 0 spiro atoms. The number of rotatable bonds is 7. The lowest BCUT2D eigenvalue weighted by atomic mass is 10.2. The first-order valence-electron chi connectivity index (χ1n) is 10.3. The van der Waals surface area contributed by atoms with Crippen LogP contribution in [0.5, 0.6) is 11.5 Å². The Bertz CT molecular complexity index is 1080. The summed E-state index contributed by atoms with van der Waals surface area (Å²) in [7, 11) is 1.58. The minimum Gasteiger partial charge on any atom is -0.493 e. The van der Waals surface area contributed by atoms with Crippen LogP contribution in [0, 0.1) is 0 Å². The molecule has 3 aromatic rings. The van der Waals surface area contributed by atoms with E-state index in [4.69, 9.17) is 37.4 Å². The summed E-state index contributed by atoms with van der Waals surface area (Å²) in [5.41, 5.74) is 3.72. The second kappa shape index (κ2) is 10.7. The van der Waals surface area contributed by atoms with Gasteiger partial charge in [0.25, 0.3) is 0 Å². The standard InChI is InChI=1S/C25H24Cl2N2O3/c1-30-24-15-18(14-23(27)25(24)32-17-19-4-2-3-5-22(19)26)16-28-20-6-8-21(9-7-20)29-10-12-31-13-11-29/h2-9,14-16H,10-13,17H2,1H3. The van der Waals surface area contributed by atoms with E-state index in [-0.39, 0.29) is 0 Å². The van der Waals surface area contributed by atoms with Gasteiger partial charge in [-0.1, -0.05) is 41.4 Å². The first-order valence-corrected chi connectivity index (χ1v) is 11.1. The molecule has 32 heavy (non-hydrogen) atoms. The van der Waals surface area contributed by atoms with Gasteiger partial charge in [0.1, 0.15) is 6.61 Å². The molecule has 7 heteroatoms. The van der Waals surface area contributed by atoms with Crippen LogP contribution in [0.15, 0.2) is 65.7 Å². The third-order valence-corrected chi connectivity index (χ3v) is 5.82. The number of ether oxygens (including phenoxy) is 3. The number of anilines is 1. The van der Waals surface area contributed by atoms with Gasteiger partial charge in [0.05, 0.1) is 31.0 Å². The Balaban J connectivity index is 1.46. The van der Waals surface area contributed by atoms with Crippen LogP contribution in [0.3, 0.4) is 0 Å². The molecule has 0 saturated carbocycles. The van der Waals surface area contributed by atoms with E-state index in [1.54, 1.807) is 19.4 Å². The summed E-state index contributed by atoms with van der Waals surface area (Å²) in [5.74, 6) is 1.01. The molecule has 1 heterocycles. The first-order chi connectivity index (χ1) is 15.6. The molecule has 0 amide bonds. The van der Waals surface area contributed by atoms with E-state index in [9.17, 15) is 0 Å². The van der Waals surface area contributed by atoms with Gasteiger partial charge in [-0.05, 0) is 48.0 Å². The number of morpholine rings is 1. The Labute approximate surface area is 198 Å². The molecule has 0 aliphatic carbocycles. The normalized spacial score (nSPS) is 14.0. The summed E-state index contributed by atoms with van der Waals surface area (Å²) in [6, 6.07) is 19.3. The van der Waals surface area contributed by atoms with Crippen molar-refractivity contribution in [3.63, 3.8) is 0 Å². The molecule has 1 fully saturated rings. The van der Waals surface area contributed by atoms with Crippen molar-refractivity contribution >= 4 is 40.8 Å². The molecular weight excluding hydrogens is 447 g/mol. The van der Waals surface area contributed by atoms with Crippen molar-refractivity contribution in [1.29, 1.82) is 0 Å². The molecule has 5 nitrogen and oxygen atoms in total. The fourth-order valence-corrected chi connectivity index (χ4v) is 3.90. The van der Waals surface area contributed by atoms with Gasteiger partial charge in [0.15, 0.2) is 11.5 Å². The number of aliphatic imine (C=N–C) groups is 1. The Morgan fingerprint density at radius 3 is 2.47 bits per heavy atom. The maximum absolute atomic E-state index is 6.49. The van der Waals surface area contributed by atoms with Crippen LogP contribution in [0.2, 0.25) is 10.0 Å². The average molecular weight is 471 g/mol. The van der Waals surface area contributed by atoms with Gasteiger partial charge in [-0.25, -0.2) is 0 Å². The maximum atomic E-state index is 6.49. The number of methoxy groups -OCH3 is 1. The SMILES string of the molecule is COc1cc(C=Nc2ccc(N3CCOCC3)cc2)cc(Cl)c1OCc1ccccc1Cl. The molecule has 4 rings (SSSR count). The van der Waals surface area contributed by atoms with Crippen LogP contribution in [-0.2, 0) is 11.3 Å². The van der Waals surface area contributed by atoms with Crippen molar-refractivity contribution in [2.24, 2.45) is 4.99 Å². The lowest BCUT2D eigenvalue weighted by molar-refractivity contribution is 0.122. The summed E-state index contributed by atoms with van der Waals surface area (Å²) in [6.45, 7) is 3.64. The van der Waals surface area contributed by atoms with Crippen LogP contribution in [0.25, 0.3) is 0 Å². The number of benzene rings is 3. The number of hydrogen-bond donors (Lipinski definition) is 0. The van der Waals surface area contributed by atoms with E-state index in [1.165, 1.54) is 5.69 Å². The minimum atomic E-state index is 0.290. The highest BCUT2D eigenvalue weighted by atomic mass is 35.5. The predicted octanol–water partition coefficient (Wildman–Crippen LogP) is 6.17. The van der Waals surface area contributed by atoms with E-state index in [2.05, 4.69) is 22.0 Å². The van der Waals surface area contributed by atoms with Crippen molar-refractivity contribution in [3.05, 3.63) is 81.8 Å². The quantitative estimate of drug-likeness (QED) is 0.387. The zero-order valence-electron chi connectivity index (χ0n) is 17.8. The van der Waals surface area contributed by atoms with Gasteiger partial charge in [-0.2, -0.15) is 0 Å². The molecule has 0 bridgehead atoms. The van der Waals surface area contributed by atoms with Gasteiger partial charge >= 0.3 is 0 Å². The smallest absolute Gasteiger partial charge is 0.180 e. The van der Waals surface area contributed by atoms with Gasteiger partial charge in [-0.15, -0.1) is 0 Å². The maximum Gasteiger partial charge on any atom is 0.180 e. The number of nitrogens with zero attached hydrogens (tertiary/aromatic N) is 2. The topological polar surface area (TPSA) is 43.3 Å². The lowest BCUT2D eigenvalue weighted by Crippen LogP contribution is -2.36. The molecule has 1 aliphatic rings. The highest BCUT2D eigenvalue weighted by molar-refractivity contribution is 6.32. The van der Waals surface area contributed by atoms with E-state index in [0.717, 1.165) is 43.1 Å². The Morgan fingerprint density at radius 2 is 1.75 bits per heavy atom. The number of halogens is 2. The molecule has 1 aliphatic heterocycles. The molecule has 0 atom stereocenters. The molecule has 0 radical (unpaired) electrons. The van der Waals surface area contributed by atoms with E-state index < -0.39 is 0 Å². The van der Waals surface area contributed by atoms with Crippen LogP contribution < -0.4 is 14.4 Å². The molecule has 3 aromatic carbocycles. The van der Waals surface area contributed by atoms with Gasteiger partial charge in [0, 0.05) is 35.6 Å². The minimum absolute atomic E-state index is 0.290. The third-order valence-electron chi connectivity index (χ3n) is 5.17. The van der Waals surface area contributed by atoms with Crippen LogP contribution in [0.1, 0.15) is 11.1 Å². The Morgan fingerprint density at radius 1 is 1.00 bits per heavy atom. The molecular formula is C25H24Cl2N2O3. The summed E-state index contributed by atoms with van der Waals surface area (Å²) < 4.78 is 16.8. The highest BCUT2D eigenvalue weighted by Crippen LogP contribution is 2.37. The Hall–Kier alpha value is -2.73. The van der Waals surface area contributed by atoms with Crippen molar-refractivity contribution < 1.29 is 14.2 Å². The van der Waals surface area contributed by atoms with E-state index >= 15 is 0 Å². The largest absolute Gasteiger partial charge is 0.493 e. The van der Waals surface area contributed by atoms with Gasteiger partial charge < -0.3 is 19.1 Å². The Kier molecular flexibility index (Phi) is 7.53. The fourth-order valence-electron chi connectivity index (χ4n) is 3.44. The van der Waals surface area contributed by atoms with Crippen molar-refractivity contribution in [2.75, 3.05) is 38.3 Å². The summed E-state index contributed by atoms with van der Waals surface area (Å²) in [6.07, 6.45) is 1.76. The first kappa shape index (κ1) is 22.5.